The molecule has 0 spiro atoms. The van der Waals surface area contributed by atoms with Gasteiger partial charge in [-0.15, -0.1) is 0 Å². The lowest BCUT2D eigenvalue weighted by atomic mass is 10.0. The van der Waals surface area contributed by atoms with Crippen LogP contribution in [0.2, 0.25) is 5.02 Å². The number of hydrogen-bond donors (Lipinski definition) is 2. The number of benzene rings is 2. The highest BCUT2D eigenvalue weighted by Crippen LogP contribution is 2.17. The van der Waals surface area contributed by atoms with E-state index in [0.717, 1.165) is 0 Å². The second-order valence-corrected chi connectivity index (χ2v) is 4.94. The highest BCUT2D eigenvalue weighted by molar-refractivity contribution is 6.31. The van der Waals surface area contributed by atoms with E-state index in [2.05, 4.69) is 9.97 Å². The zero-order valence-electron chi connectivity index (χ0n) is 10.6. The zero-order chi connectivity index (χ0) is 15.0. The molecule has 0 saturated heterocycles. The summed E-state index contributed by atoms with van der Waals surface area (Å²) >= 11 is 5.87. The second-order valence-electron chi connectivity index (χ2n) is 4.51. The molecule has 2 aromatic carbocycles. The van der Waals surface area contributed by atoms with Crippen molar-refractivity contribution in [3.8, 4) is 0 Å². The first kappa shape index (κ1) is 13.3. The van der Waals surface area contributed by atoms with Crippen LogP contribution in [0.3, 0.4) is 0 Å². The lowest BCUT2D eigenvalue weighted by Crippen LogP contribution is -2.28. The average molecular weight is 301 g/mol. The molecule has 21 heavy (non-hydrogen) atoms. The van der Waals surface area contributed by atoms with Crippen LogP contribution in [0.15, 0.2) is 52.1 Å². The Hall–Kier alpha value is -2.66. The molecule has 0 saturated carbocycles. The van der Waals surface area contributed by atoms with Crippen molar-refractivity contribution in [3.05, 3.63) is 79.3 Å². The molecule has 0 aliphatic rings. The standard InChI is InChI=1S/C15H9ClN2O3/c16-10-3-1-2-8(6-10)13(19)9-4-5-11-12(7-9)18-15(21)14(20)17-11/h1-7H,(H,17,20)(H,18,21). The summed E-state index contributed by atoms with van der Waals surface area (Å²) in [6.07, 6.45) is 0. The molecule has 5 nitrogen and oxygen atoms in total. The number of halogens is 1. The minimum atomic E-state index is -0.755. The summed E-state index contributed by atoms with van der Waals surface area (Å²) in [6, 6.07) is 11.3. The number of nitrogens with one attached hydrogen (secondary N) is 2. The lowest BCUT2D eigenvalue weighted by Gasteiger charge is -2.03. The van der Waals surface area contributed by atoms with Gasteiger partial charge in [-0.1, -0.05) is 23.7 Å². The molecule has 0 atom stereocenters. The van der Waals surface area contributed by atoms with Gasteiger partial charge in [-0.3, -0.25) is 14.4 Å². The number of H-pyrrole nitrogens is 2. The van der Waals surface area contributed by atoms with Crippen LogP contribution < -0.4 is 11.1 Å². The van der Waals surface area contributed by atoms with Crippen LogP contribution in [0, 0.1) is 0 Å². The number of carbonyl (C=O) groups is 1. The molecular weight excluding hydrogens is 292 g/mol. The SMILES string of the molecule is O=C(c1cccc(Cl)c1)c1ccc2[nH]c(=O)c(=O)[nH]c2c1. The minimum absolute atomic E-state index is 0.216. The third-order valence-corrected chi connectivity index (χ3v) is 3.31. The fraction of sp³-hybridized carbons (Fsp3) is 0. The van der Waals surface area contributed by atoms with E-state index < -0.39 is 11.1 Å². The Morgan fingerprint density at radius 3 is 2.24 bits per heavy atom. The summed E-state index contributed by atoms with van der Waals surface area (Å²) in [6.45, 7) is 0. The Morgan fingerprint density at radius 1 is 0.857 bits per heavy atom. The van der Waals surface area contributed by atoms with Gasteiger partial charge in [0.05, 0.1) is 11.0 Å². The van der Waals surface area contributed by atoms with E-state index in [4.69, 9.17) is 11.6 Å². The molecule has 0 amide bonds. The molecule has 1 aromatic heterocycles. The number of aromatic nitrogens is 2. The van der Waals surface area contributed by atoms with Gasteiger partial charge in [0, 0.05) is 16.1 Å². The molecule has 0 aliphatic carbocycles. The van der Waals surface area contributed by atoms with Crippen LogP contribution in [0.25, 0.3) is 11.0 Å². The van der Waals surface area contributed by atoms with Crippen molar-refractivity contribution in [1.29, 1.82) is 0 Å². The second kappa shape index (κ2) is 5.03. The average Bonchev–Trinajstić information content (AvgIpc) is 2.47. The first-order chi connectivity index (χ1) is 10.0. The van der Waals surface area contributed by atoms with Crippen LogP contribution in [-0.4, -0.2) is 15.8 Å². The quantitative estimate of drug-likeness (QED) is 0.561. The highest BCUT2D eigenvalue weighted by atomic mass is 35.5. The normalized spacial score (nSPS) is 10.7. The number of carbonyl (C=O) groups excluding carboxylic acids is 1. The Kier molecular flexibility index (Phi) is 3.19. The molecule has 0 unspecified atom stereocenters. The molecule has 2 N–H and O–H groups in total. The van der Waals surface area contributed by atoms with Crippen molar-refractivity contribution in [2.24, 2.45) is 0 Å². The molecule has 1 heterocycles. The molecule has 104 valence electrons. The van der Waals surface area contributed by atoms with E-state index in [-0.39, 0.29) is 5.78 Å². The van der Waals surface area contributed by atoms with E-state index in [9.17, 15) is 14.4 Å². The maximum Gasteiger partial charge on any atom is 0.314 e. The van der Waals surface area contributed by atoms with Crippen molar-refractivity contribution < 1.29 is 4.79 Å². The summed E-state index contributed by atoms with van der Waals surface area (Å²) in [5.74, 6) is -0.216. The number of ketones is 1. The minimum Gasteiger partial charge on any atom is -0.316 e. The van der Waals surface area contributed by atoms with Crippen molar-refractivity contribution >= 4 is 28.4 Å². The van der Waals surface area contributed by atoms with Gasteiger partial charge in [-0.05, 0) is 30.3 Å². The van der Waals surface area contributed by atoms with Crippen LogP contribution in [-0.2, 0) is 0 Å². The number of hydrogen-bond acceptors (Lipinski definition) is 3. The summed E-state index contributed by atoms with van der Waals surface area (Å²) < 4.78 is 0. The lowest BCUT2D eigenvalue weighted by molar-refractivity contribution is 0.103. The Bertz CT molecular complexity index is 972. The molecule has 6 heteroatoms. The van der Waals surface area contributed by atoms with Gasteiger partial charge in [0.1, 0.15) is 0 Å². The third-order valence-electron chi connectivity index (χ3n) is 3.07. The van der Waals surface area contributed by atoms with Crippen molar-refractivity contribution in [2.45, 2.75) is 0 Å². The van der Waals surface area contributed by atoms with Gasteiger partial charge >= 0.3 is 11.1 Å². The topological polar surface area (TPSA) is 82.8 Å². The van der Waals surface area contributed by atoms with Crippen LogP contribution in [0.1, 0.15) is 15.9 Å². The molecule has 0 fully saturated rings. The van der Waals surface area contributed by atoms with Gasteiger partial charge < -0.3 is 9.97 Å². The first-order valence-corrected chi connectivity index (χ1v) is 6.49. The number of aromatic amines is 2. The maximum atomic E-state index is 12.4. The van der Waals surface area contributed by atoms with Crippen molar-refractivity contribution in [1.82, 2.24) is 9.97 Å². The number of fused-ring (bicyclic) bond motifs is 1. The van der Waals surface area contributed by atoms with E-state index in [0.29, 0.717) is 27.2 Å². The van der Waals surface area contributed by atoms with Crippen LogP contribution in [0.5, 0.6) is 0 Å². The van der Waals surface area contributed by atoms with Gasteiger partial charge in [0.2, 0.25) is 0 Å². The van der Waals surface area contributed by atoms with Gasteiger partial charge in [0.15, 0.2) is 5.78 Å². The number of rotatable bonds is 2. The summed E-state index contributed by atoms with van der Waals surface area (Å²) in [5, 5.41) is 0.472. The van der Waals surface area contributed by atoms with Crippen LogP contribution in [0.4, 0.5) is 0 Å². The largest absolute Gasteiger partial charge is 0.316 e. The first-order valence-electron chi connectivity index (χ1n) is 6.11. The third kappa shape index (κ3) is 2.51. The van der Waals surface area contributed by atoms with E-state index in [1.54, 1.807) is 36.4 Å². The maximum absolute atomic E-state index is 12.4. The summed E-state index contributed by atoms with van der Waals surface area (Å²) in [5.41, 5.74) is 0.224. The van der Waals surface area contributed by atoms with E-state index in [1.807, 2.05) is 0 Å². The van der Waals surface area contributed by atoms with Gasteiger partial charge in [0.25, 0.3) is 0 Å². The predicted molar refractivity (Wildman–Crippen MR) is 80.1 cm³/mol. The summed E-state index contributed by atoms with van der Waals surface area (Å²) in [7, 11) is 0. The van der Waals surface area contributed by atoms with Gasteiger partial charge in [-0.2, -0.15) is 0 Å². The molecule has 0 aliphatic heterocycles. The van der Waals surface area contributed by atoms with Crippen molar-refractivity contribution in [2.75, 3.05) is 0 Å². The Balaban J connectivity index is 2.13. The van der Waals surface area contributed by atoms with Crippen LogP contribution >= 0.6 is 11.6 Å². The van der Waals surface area contributed by atoms with E-state index >= 15 is 0 Å². The van der Waals surface area contributed by atoms with Crippen molar-refractivity contribution in [3.63, 3.8) is 0 Å². The van der Waals surface area contributed by atoms with E-state index in [1.165, 1.54) is 6.07 Å². The van der Waals surface area contributed by atoms with Gasteiger partial charge in [-0.25, -0.2) is 0 Å². The molecular formula is C15H9ClN2O3. The predicted octanol–water partition coefficient (Wildman–Crippen LogP) is 2.10. The Labute approximate surface area is 123 Å². The molecule has 0 bridgehead atoms. The molecule has 3 rings (SSSR count). The fourth-order valence-electron chi connectivity index (χ4n) is 2.05. The zero-order valence-corrected chi connectivity index (χ0v) is 11.4. The highest BCUT2D eigenvalue weighted by Gasteiger charge is 2.11. The fourth-order valence-corrected chi connectivity index (χ4v) is 2.24. The molecule has 0 radical (unpaired) electrons. The monoisotopic (exact) mass is 300 g/mol. The molecule has 3 aromatic rings. The Morgan fingerprint density at radius 2 is 1.52 bits per heavy atom. The smallest absolute Gasteiger partial charge is 0.314 e. The summed E-state index contributed by atoms with van der Waals surface area (Å²) in [4.78, 5) is 39.8.